The van der Waals surface area contributed by atoms with Crippen molar-refractivity contribution in [2.75, 3.05) is 13.1 Å². The lowest BCUT2D eigenvalue weighted by Crippen LogP contribution is -2.34. The zero-order chi connectivity index (χ0) is 17.8. The van der Waals surface area contributed by atoms with E-state index in [1.165, 1.54) is 5.56 Å². The van der Waals surface area contributed by atoms with Crippen LogP contribution in [0.4, 0.5) is 0 Å². The third-order valence-electron chi connectivity index (χ3n) is 4.77. The van der Waals surface area contributed by atoms with Gasteiger partial charge in [0.05, 0.1) is 5.69 Å². The van der Waals surface area contributed by atoms with Gasteiger partial charge in [-0.1, -0.05) is 6.07 Å². The Balaban J connectivity index is 1.55. The number of pyridine rings is 2. The molecule has 1 atom stereocenters. The lowest BCUT2D eigenvalue weighted by atomic mass is 9.94. The van der Waals surface area contributed by atoms with Gasteiger partial charge in [-0.15, -0.1) is 0 Å². The second kappa shape index (κ2) is 7.58. The van der Waals surface area contributed by atoms with Crippen molar-refractivity contribution in [3.63, 3.8) is 0 Å². The van der Waals surface area contributed by atoms with E-state index in [2.05, 4.69) is 25.9 Å². The monoisotopic (exact) mass is 347 g/mol. The third-order valence-corrected chi connectivity index (χ3v) is 4.77. The molecule has 3 aromatic rings. The summed E-state index contributed by atoms with van der Waals surface area (Å²) in [6.45, 7) is 2.84. The molecule has 6 heteroatoms. The zero-order valence-corrected chi connectivity index (χ0v) is 14.5. The summed E-state index contributed by atoms with van der Waals surface area (Å²) in [7, 11) is 0. The number of aromatic nitrogens is 4. The number of rotatable bonds is 4. The predicted molar refractivity (Wildman–Crippen MR) is 99.6 cm³/mol. The average Bonchev–Trinajstić information content (AvgIpc) is 2.69. The van der Waals surface area contributed by atoms with Crippen LogP contribution in [0.5, 0.6) is 0 Å². The minimum atomic E-state index is -0.105. The van der Waals surface area contributed by atoms with Gasteiger partial charge in [0.2, 0.25) is 0 Å². The van der Waals surface area contributed by atoms with Gasteiger partial charge in [-0.05, 0) is 43.1 Å². The van der Waals surface area contributed by atoms with Crippen LogP contribution in [-0.4, -0.2) is 37.9 Å². The predicted octanol–water partition coefficient (Wildman–Crippen LogP) is 2.61. The number of piperidine rings is 1. The molecule has 4 rings (SSSR count). The maximum atomic E-state index is 12.2. The SMILES string of the molecule is O=c1cc(C2CCCN(Cc3cccnc3)C2)nc(-c2ccncc2)[nH]1. The lowest BCUT2D eigenvalue weighted by molar-refractivity contribution is 0.198. The molecule has 0 aromatic carbocycles. The number of likely N-dealkylation sites (tertiary alicyclic amines) is 1. The summed E-state index contributed by atoms with van der Waals surface area (Å²) in [4.78, 5) is 30.4. The highest BCUT2D eigenvalue weighted by Gasteiger charge is 2.23. The Kier molecular flexibility index (Phi) is 4.84. The van der Waals surface area contributed by atoms with Crippen molar-refractivity contribution in [1.82, 2.24) is 24.8 Å². The van der Waals surface area contributed by atoms with E-state index in [1.54, 1.807) is 24.7 Å². The summed E-state index contributed by atoms with van der Waals surface area (Å²) >= 11 is 0. The topological polar surface area (TPSA) is 74.8 Å². The second-order valence-electron chi connectivity index (χ2n) is 6.69. The summed E-state index contributed by atoms with van der Waals surface area (Å²) in [5.41, 5.74) is 2.86. The molecule has 1 unspecified atom stereocenters. The van der Waals surface area contributed by atoms with Crippen LogP contribution in [-0.2, 0) is 6.54 Å². The quantitative estimate of drug-likeness (QED) is 0.785. The van der Waals surface area contributed by atoms with Gasteiger partial charge < -0.3 is 4.98 Å². The first-order chi connectivity index (χ1) is 12.8. The van der Waals surface area contributed by atoms with Gasteiger partial charge in [0, 0.05) is 55.4 Å². The van der Waals surface area contributed by atoms with Crippen molar-refractivity contribution in [2.45, 2.75) is 25.3 Å². The fourth-order valence-corrected chi connectivity index (χ4v) is 3.52. The van der Waals surface area contributed by atoms with E-state index in [4.69, 9.17) is 4.98 Å². The van der Waals surface area contributed by atoms with Crippen LogP contribution in [0, 0.1) is 0 Å². The highest BCUT2D eigenvalue weighted by atomic mass is 16.1. The maximum Gasteiger partial charge on any atom is 0.251 e. The summed E-state index contributed by atoms with van der Waals surface area (Å²) in [6.07, 6.45) is 9.27. The van der Waals surface area contributed by atoms with E-state index in [0.29, 0.717) is 5.82 Å². The Morgan fingerprint density at radius 1 is 1.15 bits per heavy atom. The van der Waals surface area contributed by atoms with Gasteiger partial charge in [0.1, 0.15) is 5.82 Å². The molecule has 132 valence electrons. The van der Waals surface area contributed by atoms with Crippen LogP contribution >= 0.6 is 0 Å². The van der Waals surface area contributed by atoms with Crippen molar-refractivity contribution in [3.8, 4) is 11.4 Å². The Hall–Kier alpha value is -2.86. The van der Waals surface area contributed by atoms with Crippen LogP contribution in [0.3, 0.4) is 0 Å². The summed E-state index contributed by atoms with van der Waals surface area (Å²) in [5.74, 6) is 0.877. The van der Waals surface area contributed by atoms with Crippen molar-refractivity contribution in [2.24, 2.45) is 0 Å². The Morgan fingerprint density at radius 3 is 2.85 bits per heavy atom. The van der Waals surface area contributed by atoms with Crippen molar-refractivity contribution < 1.29 is 0 Å². The zero-order valence-electron chi connectivity index (χ0n) is 14.5. The van der Waals surface area contributed by atoms with E-state index in [1.807, 2.05) is 24.4 Å². The Morgan fingerprint density at radius 2 is 2.04 bits per heavy atom. The molecule has 1 N–H and O–H groups in total. The number of aromatic amines is 1. The van der Waals surface area contributed by atoms with Crippen molar-refractivity contribution in [3.05, 3.63) is 76.7 Å². The molecule has 1 saturated heterocycles. The summed E-state index contributed by atoms with van der Waals surface area (Å²) in [5, 5.41) is 0. The molecule has 26 heavy (non-hydrogen) atoms. The van der Waals surface area contributed by atoms with Gasteiger partial charge in [-0.25, -0.2) is 4.98 Å². The minimum Gasteiger partial charge on any atom is -0.307 e. The van der Waals surface area contributed by atoms with Crippen molar-refractivity contribution >= 4 is 0 Å². The van der Waals surface area contributed by atoms with Crippen LogP contribution in [0.25, 0.3) is 11.4 Å². The van der Waals surface area contributed by atoms with Gasteiger partial charge in [-0.3, -0.25) is 19.7 Å². The van der Waals surface area contributed by atoms with Crippen LogP contribution in [0.2, 0.25) is 0 Å². The van der Waals surface area contributed by atoms with E-state index >= 15 is 0 Å². The smallest absolute Gasteiger partial charge is 0.251 e. The molecule has 1 aliphatic rings. The molecule has 0 amide bonds. The molecule has 1 aliphatic heterocycles. The molecule has 3 aromatic heterocycles. The van der Waals surface area contributed by atoms with Gasteiger partial charge >= 0.3 is 0 Å². The first-order valence-corrected chi connectivity index (χ1v) is 8.91. The fourth-order valence-electron chi connectivity index (χ4n) is 3.52. The third kappa shape index (κ3) is 3.86. The normalized spacial score (nSPS) is 17.9. The van der Waals surface area contributed by atoms with Crippen LogP contribution in [0.15, 0.2) is 59.9 Å². The molecular weight excluding hydrogens is 326 g/mol. The summed E-state index contributed by atoms with van der Waals surface area (Å²) in [6, 6.07) is 9.43. The molecule has 0 aliphatic carbocycles. The Labute approximate surface area is 152 Å². The fraction of sp³-hybridized carbons (Fsp3) is 0.300. The average molecular weight is 347 g/mol. The number of hydrogen-bond acceptors (Lipinski definition) is 5. The molecule has 0 saturated carbocycles. The molecule has 1 fully saturated rings. The van der Waals surface area contributed by atoms with Crippen molar-refractivity contribution in [1.29, 1.82) is 0 Å². The number of nitrogens with one attached hydrogen (secondary N) is 1. The molecule has 0 spiro atoms. The molecule has 0 bridgehead atoms. The molecule has 6 nitrogen and oxygen atoms in total. The van der Waals surface area contributed by atoms with E-state index in [0.717, 1.165) is 43.7 Å². The highest BCUT2D eigenvalue weighted by Crippen LogP contribution is 2.27. The molecule has 4 heterocycles. The molecular formula is C20H21N5O. The van der Waals surface area contributed by atoms with Gasteiger partial charge in [-0.2, -0.15) is 0 Å². The number of H-pyrrole nitrogens is 1. The highest BCUT2D eigenvalue weighted by molar-refractivity contribution is 5.53. The van der Waals surface area contributed by atoms with Crippen LogP contribution < -0.4 is 5.56 Å². The van der Waals surface area contributed by atoms with E-state index < -0.39 is 0 Å². The standard InChI is InChI=1S/C20H21N5O/c26-19-11-18(23-20(24-19)16-5-8-21-9-6-16)17-4-2-10-25(14-17)13-15-3-1-7-22-12-15/h1,3,5-9,11-12,17H,2,4,10,13-14H2,(H,23,24,26). The van der Waals surface area contributed by atoms with Gasteiger partial charge in [0.15, 0.2) is 0 Å². The van der Waals surface area contributed by atoms with Crippen LogP contribution in [0.1, 0.15) is 30.0 Å². The Bertz CT molecular complexity index is 910. The van der Waals surface area contributed by atoms with Gasteiger partial charge in [0.25, 0.3) is 5.56 Å². The lowest BCUT2D eigenvalue weighted by Gasteiger charge is -2.32. The summed E-state index contributed by atoms with van der Waals surface area (Å²) < 4.78 is 0. The van der Waals surface area contributed by atoms with E-state index in [-0.39, 0.29) is 11.5 Å². The largest absolute Gasteiger partial charge is 0.307 e. The second-order valence-corrected chi connectivity index (χ2v) is 6.69. The first-order valence-electron chi connectivity index (χ1n) is 8.91. The first kappa shape index (κ1) is 16.6. The molecule has 0 radical (unpaired) electrons. The number of hydrogen-bond donors (Lipinski definition) is 1. The maximum absolute atomic E-state index is 12.2. The number of nitrogens with zero attached hydrogens (tertiary/aromatic N) is 4. The minimum absolute atomic E-state index is 0.105. The van der Waals surface area contributed by atoms with E-state index in [9.17, 15) is 4.79 Å².